The number of nitrogens with one attached hydrogen (secondary N) is 1. The molecule has 0 aromatic heterocycles. The summed E-state index contributed by atoms with van der Waals surface area (Å²) in [5.74, 6) is -0.986. The fraction of sp³-hybridized carbons (Fsp3) is 0.867. The third kappa shape index (κ3) is 2.20. The van der Waals surface area contributed by atoms with E-state index in [1.54, 1.807) is 14.0 Å². The molecule has 3 aliphatic rings. The minimum Gasteiger partial charge on any atom is -0.481 e. The number of urea groups is 1. The van der Waals surface area contributed by atoms with Crippen LogP contribution in [0.15, 0.2) is 0 Å². The summed E-state index contributed by atoms with van der Waals surface area (Å²) in [6.07, 6.45) is 4.83. The number of hydrogen-bond acceptors (Lipinski definition) is 3. The normalized spacial score (nSPS) is 33.5. The predicted octanol–water partition coefficient (Wildman–Crippen LogP) is 1.31. The van der Waals surface area contributed by atoms with Crippen LogP contribution in [0, 0.1) is 17.3 Å². The fourth-order valence-electron chi connectivity index (χ4n) is 4.27. The Bertz CT molecular complexity index is 449. The van der Waals surface area contributed by atoms with Crippen molar-refractivity contribution < 1.29 is 19.4 Å². The molecular formula is C15H24N2O4. The van der Waals surface area contributed by atoms with Crippen molar-refractivity contribution in [3.63, 3.8) is 0 Å². The Morgan fingerprint density at radius 3 is 2.76 bits per heavy atom. The van der Waals surface area contributed by atoms with Crippen LogP contribution in [-0.2, 0) is 9.53 Å². The third-order valence-corrected chi connectivity index (χ3v) is 5.63. The predicted molar refractivity (Wildman–Crippen MR) is 75.9 cm³/mol. The van der Waals surface area contributed by atoms with Gasteiger partial charge in [0, 0.05) is 37.6 Å². The summed E-state index contributed by atoms with van der Waals surface area (Å²) in [6.45, 7) is 2.64. The Labute approximate surface area is 124 Å². The zero-order chi connectivity index (χ0) is 15.2. The monoisotopic (exact) mass is 296 g/mol. The van der Waals surface area contributed by atoms with Crippen molar-refractivity contribution in [2.75, 3.05) is 20.2 Å². The SMILES string of the molecule is CC(CN(C)C(=O)NC1C2CCOC2C12CCC2)C(=O)O. The molecule has 4 unspecified atom stereocenters. The first-order chi connectivity index (χ1) is 9.95. The van der Waals surface area contributed by atoms with E-state index in [0.29, 0.717) is 12.0 Å². The molecule has 118 valence electrons. The molecule has 1 aliphatic heterocycles. The summed E-state index contributed by atoms with van der Waals surface area (Å²) in [5, 5.41) is 12.1. The first kappa shape index (κ1) is 14.6. The van der Waals surface area contributed by atoms with Crippen molar-refractivity contribution in [2.45, 2.75) is 44.8 Å². The minimum absolute atomic E-state index is 0.162. The van der Waals surface area contributed by atoms with Gasteiger partial charge < -0.3 is 20.1 Å². The number of aliphatic carboxylic acids is 1. The number of hydrogen-bond donors (Lipinski definition) is 2. The maximum atomic E-state index is 12.3. The highest BCUT2D eigenvalue weighted by atomic mass is 16.5. The Morgan fingerprint density at radius 2 is 2.19 bits per heavy atom. The quantitative estimate of drug-likeness (QED) is 0.820. The van der Waals surface area contributed by atoms with Crippen LogP contribution in [-0.4, -0.2) is 54.4 Å². The lowest BCUT2D eigenvalue weighted by Crippen LogP contribution is -2.72. The number of ether oxygens (including phenoxy) is 1. The van der Waals surface area contributed by atoms with Gasteiger partial charge in [0.25, 0.3) is 0 Å². The summed E-state index contributed by atoms with van der Waals surface area (Å²) in [6, 6.07) is 0.0403. The van der Waals surface area contributed by atoms with Gasteiger partial charge in [-0.3, -0.25) is 4.79 Å². The van der Waals surface area contributed by atoms with Gasteiger partial charge in [-0.05, 0) is 19.3 Å². The van der Waals surface area contributed by atoms with E-state index < -0.39 is 11.9 Å². The van der Waals surface area contributed by atoms with Gasteiger partial charge in [0.1, 0.15) is 0 Å². The zero-order valence-corrected chi connectivity index (χ0v) is 12.7. The molecule has 6 heteroatoms. The minimum atomic E-state index is -0.877. The van der Waals surface area contributed by atoms with E-state index in [0.717, 1.165) is 25.9 Å². The molecule has 0 aromatic carbocycles. The van der Waals surface area contributed by atoms with E-state index in [4.69, 9.17) is 9.84 Å². The molecule has 1 saturated heterocycles. The molecule has 6 nitrogen and oxygen atoms in total. The molecule has 2 aliphatic carbocycles. The van der Waals surface area contributed by atoms with Gasteiger partial charge in [0.15, 0.2) is 0 Å². The number of carbonyl (C=O) groups is 2. The Morgan fingerprint density at radius 1 is 1.48 bits per heavy atom. The summed E-state index contributed by atoms with van der Waals surface area (Å²) >= 11 is 0. The zero-order valence-electron chi connectivity index (χ0n) is 12.7. The van der Waals surface area contributed by atoms with Gasteiger partial charge in [0.05, 0.1) is 12.0 Å². The molecule has 4 atom stereocenters. The lowest BCUT2D eigenvalue weighted by Gasteiger charge is -2.63. The van der Waals surface area contributed by atoms with Gasteiger partial charge in [-0.1, -0.05) is 13.3 Å². The van der Waals surface area contributed by atoms with Crippen LogP contribution in [0.25, 0.3) is 0 Å². The van der Waals surface area contributed by atoms with E-state index in [-0.39, 0.29) is 24.0 Å². The molecule has 3 rings (SSSR count). The van der Waals surface area contributed by atoms with E-state index in [1.807, 2.05) is 0 Å². The molecule has 2 N–H and O–H groups in total. The summed E-state index contributed by atoms with van der Waals surface area (Å²) in [7, 11) is 1.66. The van der Waals surface area contributed by atoms with E-state index in [1.165, 1.54) is 11.3 Å². The number of amides is 2. The van der Waals surface area contributed by atoms with Gasteiger partial charge in [-0.25, -0.2) is 4.79 Å². The molecule has 1 heterocycles. The number of carboxylic acids is 1. The number of fused-ring (bicyclic) bond motifs is 2. The molecule has 0 radical (unpaired) electrons. The van der Waals surface area contributed by atoms with Gasteiger partial charge >= 0.3 is 12.0 Å². The van der Waals surface area contributed by atoms with Gasteiger partial charge in [-0.2, -0.15) is 0 Å². The molecular weight excluding hydrogens is 272 g/mol. The molecule has 0 aromatic rings. The third-order valence-electron chi connectivity index (χ3n) is 5.63. The first-order valence-corrected chi connectivity index (χ1v) is 7.82. The van der Waals surface area contributed by atoms with Crippen molar-refractivity contribution in [3.8, 4) is 0 Å². The maximum Gasteiger partial charge on any atom is 0.317 e. The molecule has 0 bridgehead atoms. The number of rotatable bonds is 4. The van der Waals surface area contributed by atoms with Crippen molar-refractivity contribution >= 4 is 12.0 Å². The van der Waals surface area contributed by atoms with Crippen molar-refractivity contribution in [3.05, 3.63) is 0 Å². The number of carbonyl (C=O) groups excluding carboxylic acids is 1. The van der Waals surface area contributed by atoms with Crippen molar-refractivity contribution in [2.24, 2.45) is 17.3 Å². The highest BCUT2D eigenvalue weighted by Crippen LogP contribution is 2.62. The van der Waals surface area contributed by atoms with E-state index in [2.05, 4.69) is 5.32 Å². The number of nitrogens with zero attached hydrogens (tertiary/aromatic N) is 1. The standard InChI is InChI=1S/C15H24N2O4/c1-9(13(18)19)8-17(2)14(20)16-11-10-4-7-21-12(10)15(11)5-3-6-15/h9-12H,3-8H2,1-2H3,(H,16,20)(H,18,19). The van der Waals surface area contributed by atoms with Crippen LogP contribution in [0.4, 0.5) is 4.79 Å². The maximum absolute atomic E-state index is 12.3. The second-order valence-corrected chi connectivity index (χ2v) is 6.88. The van der Waals surface area contributed by atoms with Gasteiger partial charge in [-0.15, -0.1) is 0 Å². The molecule has 21 heavy (non-hydrogen) atoms. The van der Waals surface area contributed by atoms with Crippen LogP contribution < -0.4 is 5.32 Å². The Kier molecular flexibility index (Phi) is 3.59. The average Bonchev–Trinajstić information content (AvgIpc) is 2.78. The summed E-state index contributed by atoms with van der Waals surface area (Å²) in [5.41, 5.74) is 0.163. The molecule has 2 amide bonds. The first-order valence-electron chi connectivity index (χ1n) is 7.82. The summed E-state index contributed by atoms with van der Waals surface area (Å²) in [4.78, 5) is 24.7. The van der Waals surface area contributed by atoms with Crippen LogP contribution in [0.2, 0.25) is 0 Å². The highest BCUT2D eigenvalue weighted by Gasteiger charge is 2.67. The van der Waals surface area contributed by atoms with Crippen LogP contribution >= 0.6 is 0 Å². The lowest BCUT2D eigenvalue weighted by atomic mass is 9.46. The van der Waals surface area contributed by atoms with Crippen LogP contribution in [0.3, 0.4) is 0 Å². The fourth-order valence-corrected chi connectivity index (χ4v) is 4.27. The molecule has 2 saturated carbocycles. The largest absolute Gasteiger partial charge is 0.481 e. The Balaban J connectivity index is 1.58. The van der Waals surface area contributed by atoms with Crippen LogP contribution in [0.1, 0.15) is 32.6 Å². The lowest BCUT2D eigenvalue weighted by molar-refractivity contribution is -0.172. The van der Waals surface area contributed by atoms with Crippen LogP contribution in [0.5, 0.6) is 0 Å². The second-order valence-electron chi connectivity index (χ2n) is 6.88. The second kappa shape index (κ2) is 5.16. The van der Waals surface area contributed by atoms with Crippen molar-refractivity contribution in [1.29, 1.82) is 0 Å². The molecule has 3 fully saturated rings. The number of carboxylic acid groups (broad SMARTS) is 1. The Hall–Kier alpha value is -1.30. The summed E-state index contributed by atoms with van der Waals surface area (Å²) < 4.78 is 5.84. The average molecular weight is 296 g/mol. The molecule has 1 spiro atoms. The van der Waals surface area contributed by atoms with Crippen molar-refractivity contribution in [1.82, 2.24) is 10.2 Å². The highest BCUT2D eigenvalue weighted by molar-refractivity contribution is 5.76. The van der Waals surface area contributed by atoms with Gasteiger partial charge in [0.2, 0.25) is 0 Å². The van der Waals surface area contributed by atoms with E-state index in [9.17, 15) is 9.59 Å². The topological polar surface area (TPSA) is 78.9 Å². The van der Waals surface area contributed by atoms with E-state index >= 15 is 0 Å². The smallest absolute Gasteiger partial charge is 0.317 e.